The van der Waals surface area contributed by atoms with Crippen molar-refractivity contribution in [1.29, 1.82) is 0 Å². The molecular weight excluding hydrogens is 397 g/mol. The molecule has 0 heterocycles. The van der Waals surface area contributed by atoms with Gasteiger partial charge < -0.3 is 10.1 Å². The Bertz CT molecular complexity index is 604. The van der Waals surface area contributed by atoms with E-state index in [2.05, 4.69) is 41.2 Å². The van der Waals surface area contributed by atoms with Crippen molar-refractivity contribution in [2.75, 3.05) is 0 Å². The van der Waals surface area contributed by atoms with E-state index < -0.39 is 0 Å². The molecule has 1 unspecified atom stereocenters. The summed E-state index contributed by atoms with van der Waals surface area (Å²) in [5.41, 5.74) is 2.26. The van der Waals surface area contributed by atoms with Gasteiger partial charge in [-0.1, -0.05) is 46.6 Å². The predicted molar refractivity (Wildman–Crippen MR) is 104 cm³/mol. The average Bonchev–Trinajstić information content (AvgIpc) is 2.53. The molecular formula is C18H22BrCl2NO. The van der Waals surface area contributed by atoms with Gasteiger partial charge in [-0.2, -0.15) is 0 Å². The van der Waals surface area contributed by atoms with Gasteiger partial charge in [-0.15, -0.1) is 12.4 Å². The second-order valence-corrected chi connectivity index (χ2v) is 6.71. The quantitative estimate of drug-likeness (QED) is 0.595. The highest BCUT2D eigenvalue weighted by molar-refractivity contribution is 9.10. The number of rotatable bonds is 7. The highest BCUT2D eigenvalue weighted by Crippen LogP contribution is 2.24. The second-order valence-electron chi connectivity index (χ2n) is 5.36. The van der Waals surface area contributed by atoms with E-state index in [9.17, 15) is 0 Å². The first-order valence-corrected chi connectivity index (χ1v) is 8.64. The smallest absolute Gasteiger partial charge is 0.124 e. The van der Waals surface area contributed by atoms with Gasteiger partial charge in [-0.3, -0.25) is 0 Å². The molecule has 126 valence electrons. The summed E-state index contributed by atoms with van der Waals surface area (Å²) in [6.07, 6.45) is 1.11. The first-order valence-electron chi connectivity index (χ1n) is 7.47. The summed E-state index contributed by atoms with van der Waals surface area (Å²) in [7, 11) is 0. The van der Waals surface area contributed by atoms with Crippen LogP contribution < -0.4 is 10.1 Å². The molecule has 0 aromatic heterocycles. The third-order valence-corrected chi connectivity index (χ3v) is 4.33. The van der Waals surface area contributed by atoms with Crippen molar-refractivity contribution >= 4 is 39.9 Å². The lowest BCUT2D eigenvalue weighted by molar-refractivity contribution is 0.301. The lowest BCUT2D eigenvalue weighted by Crippen LogP contribution is -2.24. The normalized spacial score (nSPS) is 11.7. The highest BCUT2D eigenvalue weighted by Gasteiger charge is 2.07. The minimum absolute atomic E-state index is 0. The van der Waals surface area contributed by atoms with Crippen molar-refractivity contribution in [1.82, 2.24) is 5.32 Å². The molecule has 0 fully saturated rings. The maximum Gasteiger partial charge on any atom is 0.124 e. The topological polar surface area (TPSA) is 21.3 Å². The molecule has 0 amide bonds. The Morgan fingerprint density at radius 3 is 2.52 bits per heavy atom. The average molecular weight is 419 g/mol. The van der Waals surface area contributed by atoms with Gasteiger partial charge in [0.25, 0.3) is 0 Å². The van der Waals surface area contributed by atoms with Crippen LogP contribution in [0.4, 0.5) is 0 Å². The van der Waals surface area contributed by atoms with E-state index in [0.29, 0.717) is 12.6 Å². The van der Waals surface area contributed by atoms with Gasteiger partial charge in [0.2, 0.25) is 0 Å². The minimum atomic E-state index is 0. The summed E-state index contributed by atoms with van der Waals surface area (Å²) < 4.78 is 7.04. The summed E-state index contributed by atoms with van der Waals surface area (Å²) in [5.74, 6) is 0.911. The van der Waals surface area contributed by atoms with Crippen molar-refractivity contribution in [3.63, 3.8) is 0 Å². The van der Waals surface area contributed by atoms with Crippen LogP contribution in [0.5, 0.6) is 5.75 Å². The van der Waals surface area contributed by atoms with Crippen molar-refractivity contribution in [3.05, 3.63) is 63.1 Å². The summed E-state index contributed by atoms with van der Waals surface area (Å²) in [5, 5.41) is 4.25. The lowest BCUT2D eigenvalue weighted by atomic mass is 10.1. The minimum Gasteiger partial charge on any atom is -0.489 e. The lowest BCUT2D eigenvalue weighted by Gasteiger charge is -2.15. The molecule has 0 saturated heterocycles. The van der Waals surface area contributed by atoms with Gasteiger partial charge in [-0.05, 0) is 49.2 Å². The fraction of sp³-hybridized carbons (Fsp3) is 0.333. The van der Waals surface area contributed by atoms with Gasteiger partial charge in [0.1, 0.15) is 12.4 Å². The largest absolute Gasteiger partial charge is 0.489 e. The van der Waals surface area contributed by atoms with Crippen LogP contribution in [-0.4, -0.2) is 6.04 Å². The molecule has 0 aliphatic carbocycles. The van der Waals surface area contributed by atoms with Gasteiger partial charge in [0, 0.05) is 27.6 Å². The van der Waals surface area contributed by atoms with Gasteiger partial charge in [0.15, 0.2) is 0 Å². The Balaban J connectivity index is 0.00000264. The van der Waals surface area contributed by atoms with Gasteiger partial charge >= 0.3 is 0 Å². The van der Waals surface area contributed by atoms with Crippen LogP contribution in [0.25, 0.3) is 0 Å². The molecule has 2 nitrogen and oxygen atoms in total. The summed E-state index contributed by atoms with van der Waals surface area (Å²) >= 11 is 9.43. The third kappa shape index (κ3) is 6.72. The molecule has 0 aliphatic heterocycles. The predicted octanol–water partition coefficient (Wildman–Crippen LogP) is 5.99. The SMILES string of the molecule is CCC(C)NCc1cc(Br)ccc1OCc1ccc(Cl)cc1.Cl. The van der Waals surface area contributed by atoms with E-state index in [0.717, 1.165) is 39.3 Å². The van der Waals surface area contributed by atoms with Crippen molar-refractivity contribution < 1.29 is 4.74 Å². The first-order chi connectivity index (χ1) is 10.6. The number of halogens is 3. The molecule has 5 heteroatoms. The van der Waals surface area contributed by atoms with Crippen LogP contribution in [0.3, 0.4) is 0 Å². The second kappa shape index (κ2) is 10.2. The molecule has 2 aromatic carbocycles. The van der Waals surface area contributed by atoms with E-state index in [4.69, 9.17) is 16.3 Å². The molecule has 2 rings (SSSR count). The van der Waals surface area contributed by atoms with E-state index in [1.54, 1.807) is 0 Å². The fourth-order valence-corrected chi connectivity index (χ4v) is 2.53. The molecule has 0 bridgehead atoms. The maximum atomic E-state index is 5.98. The van der Waals surface area contributed by atoms with E-state index in [1.165, 1.54) is 0 Å². The van der Waals surface area contributed by atoms with Crippen LogP contribution in [0.15, 0.2) is 46.9 Å². The monoisotopic (exact) mass is 417 g/mol. The molecule has 0 spiro atoms. The summed E-state index contributed by atoms with van der Waals surface area (Å²) in [6, 6.07) is 14.3. The van der Waals surface area contributed by atoms with Crippen molar-refractivity contribution in [3.8, 4) is 5.75 Å². The number of ether oxygens (including phenoxy) is 1. The van der Waals surface area contributed by atoms with E-state index in [-0.39, 0.29) is 12.4 Å². The zero-order chi connectivity index (χ0) is 15.9. The van der Waals surface area contributed by atoms with Gasteiger partial charge in [0.05, 0.1) is 0 Å². The summed E-state index contributed by atoms with van der Waals surface area (Å²) in [6.45, 7) is 5.70. The first kappa shape index (κ1) is 20.3. The zero-order valence-electron chi connectivity index (χ0n) is 13.3. The van der Waals surface area contributed by atoms with Crippen LogP contribution in [0.1, 0.15) is 31.4 Å². The number of nitrogens with one attached hydrogen (secondary N) is 1. The van der Waals surface area contributed by atoms with Gasteiger partial charge in [-0.25, -0.2) is 0 Å². The molecule has 1 atom stereocenters. The molecule has 0 radical (unpaired) electrons. The number of hydrogen-bond acceptors (Lipinski definition) is 2. The van der Waals surface area contributed by atoms with Crippen LogP contribution in [0, 0.1) is 0 Å². The third-order valence-electron chi connectivity index (χ3n) is 3.58. The Morgan fingerprint density at radius 2 is 1.87 bits per heavy atom. The van der Waals surface area contributed by atoms with E-state index in [1.807, 2.05) is 36.4 Å². The molecule has 0 saturated carbocycles. The highest BCUT2D eigenvalue weighted by atomic mass is 79.9. The number of hydrogen-bond donors (Lipinski definition) is 1. The van der Waals surface area contributed by atoms with E-state index >= 15 is 0 Å². The van der Waals surface area contributed by atoms with Crippen molar-refractivity contribution in [2.24, 2.45) is 0 Å². The standard InChI is InChI=1S/C18H21BrClNO.ClH/c1-3-13(2)21-11-15-10-16(19)6-9-18(15)22-12-14-4-7-17(20)8-5-14;/h4-10,13,21H,3,11-12H2,1-2H3;1H. The maximum absolute atomic E-state index is 5.98. The Labute approximate surface area is 158 Å². The number of benzene rings is 2. The Hall–Kier alpha value is -0.740. The van der Waals surface area contributed by atoms with Crippen molar-refractivity contribution in [2.45, 2.75) is 39.5 Å². The zero-order valence-corrected chi connectivity index (χ0v) is 16.5. The molecule has 0 aliphatic rings. The Kier molecular flexibility index (Phi) is 9.00. The fourth-order valence-electron chi connectivity index (χ4n) is 2.00. The Morgan fingerprint density at radius 1 is 1.17 bits per heavy atom. The van der Waals surface area contributed by atoms with Crippen LogP contribution >= 0.6 is 39.9 Å². The van der Waals surface area contributed by atoms with Crippen LogP contribution in [0.2, 0.25) is 5.02 Å². The molecule has 1 N–H and O–H groups in total. The molecule has 23 heavy (non-hydrogen) atoms. The summed E-state index contributed by atoms with van der Waals surface area (Å²) in [4.78, 5) is 0. The van der Waals surface area contributed by atoms with Crippen LogP contribution in [-0.2, 0) is 13.2 Å². The molecule has 2 aromatic rings.